The summed E-state index contributed by atoms with van der Waals surface area (Å²) in [5, 5.41) is 2.83. The molecule has 1 saturated carbocycles. The molecule has 5 heteroatoms. The molecule has 1 amide bonds. The molecule has 1 aromatic carbocycles. The molecule has 18 heavy (non-hydrogen) atoms. The third-order valence-corrected chi connectivity index (χ3v) is 3.08. The maximum absolute atomic E-state index is 11.6. The standard InChI is InChI=1S/C13H18N2O2.HI/c14-11-8-4-5-9-12(11)15-13(16)17-10-6-2-1-3-7-10;/h1-3,6-7,11-12H,4-5,8-9,14H2,(H,15,16);1H/t11-,12-;/m1./s1. The normalized spacial score (nSPS) is 22.7. The van der Waals surface area contributed by atoms with Crippen LogP contribution in [0.3, 0.4) is 0 Å². The highest BCUT2D eigenvalue weighted by Crippen LogP contribution is 2.17. The van der Waals surface area contributed by atoms with E-state index in [1.54, 1.807) is 12.1 Å². The third-order valence-electron chi connectivity index (χ3n) is 3.08. The fraction of sp³-hybridized carbons (Fsp3) is 0.462. The number of hydrogen-bond donors (Lipinski definition) is 2. The minimum atomic E-state index is -0.418. The summed E-state index contributed by atoms with van der Waals surface area (Å²) in [7, 11) is 0. The van der Waals surface area contributed by atoms with Crippen molar-refractivity contribution in [2.75, 3.05) is 0 Å². The van der Waals surface area contributed by atoms with Crippen molar-refractivity contribution in [1.29, 1.82) is 0 Å². The fourth-order valence-corrected chi connectivity index (χ4v) is 2.12. The zero-order valence-corrected chi connectivity index (χ0v) is 12.5. The third kappa shape index (κ3) is 4.45. The van der Waals surface area contributed by atoms with Crippen molar-refractivity contribution in [3.8, 4) is 5.75 Å². The number of benzene rings is 1. The van der Waals surface area contributed by atoms with Gasteiger partial charge in [-0.15, -0.1) is 24.0 Å². The van der Waals surface area contributed by atoms with Gasteiger partial charge in [0, 0.05) is 12.1 Å². The molecule has 0 aromatic heterocycles. The van der Waals surface area contributed by atoms with Crippen LogP contribution in [0.15, 0.2) is 30.3 Å². The van der Waals surface area contributed by atoms with Crippen molar-refractivity contribution in [2.45, 2.75) is 37.8 Å². The van der Waals surface area contributed by atoms with E-state index in [0.717, 1.165) is 25.7 Å². The molecule has 100 valence electrons. The summed E-state index contributed by atoms with van der Waals surface area (Å²) in [6.45, 7) is 0. The van der Waals surface area contributed by atoms with Crippen LogP contribution in [0.5, 0.6) is 5.75 Å². The highest BCUT2D eigenvalue weighted by atomic mass is 127. The van der Waals surface area contributed by atoms with Crippen LogP contribution in [0.1, 0.15) is 25.7 Å². The molecule has 0 unspecified atom stereocenters. The van der Waals surface area contributed by atoms with Crippen molar-refractivity contribution in [2.24, 2.45) is 5.73 Å². The number of hydrogen-bond acceptors (Lipinski definition) is 3. The Labute approximate surface area is 124 Å². The molecule has 0 bridgehead atoms. The number of para-hydroxylation sites is 1. The van der Waals surface area contributed by atoms with Gasteiger partial charge in [0.1, 0.15) is 5.75 Å². The Morgan fingerprint density at radius 1 is 1.22 bits per heavy atom. The Bertz CT molecular complexity index is 373. The molecule has 4 nitrogen and oxygen atoms in total. The summed E-state index contributed by atoms with van der Waals surface area (Å²) in [6, 6.07) is 9.12. The van der Waals surface area contributed by atoms with Crippen LogP contribution in [0.25, 0.3) is 0 Å². The van der Waals surface area contributed by atoms with Gasteiger partial charge in [0.25, 0.3) is 0 Å². The number of ether oxygens (including phenoxy) is 1. The monoisotopic (exact) mass is 362 g/mol. The first-order chi connectivity index (χ1) is 8.25. The Morgan fingerprint density at radius 2 is 1.89 bits per heavy atom. The minimum absolute atomic E-state index is 0. The minimum Gasteiger partial charge on any atom is -0.410 e. The van der Waals surface area contributed by atoms with E-state index in [1.807, 2.05) is 18.2 Å². The van der Waals surface area contributed by atoms with Crippen molar-refractivity contribution in [1.82, 2.24) is 5.32 Å². The van der Waals surface area contributed by atoms with Gasteiger partial charge in [-0.3, -0.25) is 0 Å². The molecule has 0 aliphatic heterocycles. The zero-order valence-electron chi connectivity index (χ0n) is 10.2. The Balaban J connectivity index is 0.00000162. The van der Waals surface area contributed by atoms with Crippen molar-refractivity contribution >= 4 is 30.1 Å². The van der Waals surface area contributed by atoms with E-state index in [-0.39, 0.29) is 36.1 Å². The molecule has 2 atom stereocenters. The molecule has 2 rings (SSSR count). The lowest BCUT2D eigenvalue weighted by molar-refractivity contribution is 0.189. The average molecular weight is 362 g/mol. The number of nitrogens with two attached hydrogens (primary N) is 1. The van der Waals surface area contributed by atoms with E-state index in [9.17, 15) is 4.79 Å². The molecule has 1 aromatic rings. The predicted octanol–water partition coefficient (Wildman–Crippen LogP) is 2.66. The molecule has 0 heterocycles. The lowest BCUT2D eigenvalue weighted by Crippen LogP contribution is -2.50. The maximum atomic E-state index is 11.6. The van der Waals surface area contributed by atoms with Gasteiger partial charge in [0.05, 0.1) is 0 Å². The first-order valence-corrected chi connectivity index (χ1v) is 6.04. The zero-order chi connectivity index (χ0) is 12.1. The lowest BCUT2D eigenvalue weighted by Gasteiger charge is -2.28. The number of carbonyl (C=O) groups excluding carboxylic acids is 1. The highest BCUT2D eigenvalue weighted by Gasteiger charge is 2.23. The Kier molecular flexibility index (Phi) is 6.42. The largest absolute Gasteiger partial charge is 0.412 e. The number of carbonyl (C=O) groups is 1. The molecule has 1 aliphatic carbocycles. The predicted molar refractivity (Wildman–Crippen MR) is 81.2 cm³/mol. The SMILES string of the molecule is I.N[C@@H]1CCCC[C@H]1NC(=O)Oc1ccccc1. The van der Waals surface area contributed by atoms with Gasteiger partial charge in [-0.1, -0.05) is 31.0 Å². The molecule has 3 N–H and O–H groups in total. The van der Waals surface area contributed by atoms with Gasteiger partial charge in [0.2, 0.25) is 0 Å². The van der Waals surface area contributed by atoms with Gasteiger partial charge in [-0.25, -0.2) is 4.79 Å². The maximum Gasteiger partial charge on any atom is 0.412 e. The smallest absolute Gasteiger partial charge is 0.410 e. The van der Waals surface area contributed by atoms with E-state index < -0.39 is 6.09 Å². The van der Waals surface area contributed by atoms with Crippen LogP contribution in [-0.4, -0.2) is 18.2 Å². The molecule has 0 saturated heterocycles. The van der Waals surface area contributed by atoms with Crippen LogP contribution in [0, 0.1) is 0 Å². The quantitative estimate of drug-likeness (QED) is 0.796. The Hall–Kier alpha value is -0.820. The van der Waals surface area contributed by atoms with Crippen LogP contribution < -0.4 is 15.8 Å². The first-order valence-electron chi connectivity index (χ1n) is 6.04. The molecule has 1 aliphatic rings. The Morgan fingerprint density at radius 3 is 2.56 bits per heavy atom. The second-order valence-electron chi connectivity index (χ2n) is 4.40. The first kappa shape index (κ1) is 15.2. The van der Waals surface area contributed by atoms with E-state index in [1.165, 1.54) is 0 Å². The second-order valence-corrected chi connectivity index (χ2v) is 4.40. The second kappa shape index (κ2) is 7.58. The summed E-state index contributed by atoms with van der Waals surface area (Å²) in [6.07, 6.45) is 3.75. The van der Waals surface area contributed by atoms with Crippen LogP contribution >= 0.6 is 24.0 Å². The number of amides is 1. The average Bonchev–Trinajstić information content (AvgIpc) is 2.33. The van der Waals surface area contributed by atoms with Crippen molar-refractivity contribution in [3.63, 3.8) is 0 Å². The van der Waals surface area contributed by atoms with Gasteiger partial charge < -0.3 is 15.8 Å². The van der Waals surface area contributed by atoms with Crippen molar-refractivity contribution < 1.29 is 9.53 Å². The summed E-state index contributed by atoms with van der Waals surface area (Å²) in [4.78, 5) is 11.6. The van der Waals surface area contributed by atoms with Gasteiger partial charge >= 0.3 is 6.09 Å². The summed E-state index contributed by atoms with van der Waals surface area (Å²) >= 11 is 0. The molecular formula is C13H19IN2O2. The van der Waals surface area contributed by atoms with Gasteiger partial charge in [0.15, 0.2) is 0 Å². The van der Waals surface area contributed by atoms with E-state index in [2.05, 4.69) is 5.32 Å². The number of nitrogens with one attached hydrogen (secondary N) is 1. The fourth-order valence-electron chi connectivity index (χ4n) is 2.12. The summed E-state index contributed by atoms with van der Waals surface area (Å²) in [5.74, 6) is 0.550. The van der Waals surface area contributed by atoms with E-state index in [4.69, 9.17) is 10.5 Å². The topological polar surface area (TPSA) is 64.3 Å². The number of rotatable bonds is 2. The molecular weight excluding hydrogens is 343 g/mol. The summed E-state index contributed by atoms with van der Waals surface area (Å²) in [5.41, 5.74) is 5.95. The summed E-state index contributed by atoms with van der Waals surface area (Å²) < 4.78 is 5.16. The lowest BCUT2D eigenvalue weighted by atomic mass is 9.91. The number of halogens is 1. The van der Waals surface area contributed by atoms with Gasteiger partial charge in [-0.05, 0) is 25.0 Å². The van der Waals surface area contributed by atoms with E-state index >= 15 is 0 Å². The highest BCUT2D eigenvalue weighted by molar-refractivity contribution is 14.0. The molecule has 0 spiro atoms. The molecule has 0 radical (unpaired) electrons. The molecule has 1 fully saturated rings. The van der Waals surface area contributed by atoms with E-state index in [0.29, 0.717) is 5.75 Å². The van der Waals surface area contributed by atoms with Crippen LogP contribution in [0.4, 0.5) is 4.79 Å². The van der Waals surface area contributed by atoms with Crippen LogP contribution in [0.2, 0.25) is 0 Å². The van der Waals surface area contributed by atoms with Crippen molar-refractivity contribution in [3.05, 3.63) is 30.3 Å². The van der Waals surface area contributed by atoms with Crippen LogP contribution in [-0.2, 0) is 0 Å². The van der Waals surface area contributed by atoms with Gasteiger partial charge in [-0.2, -0.15) is 0 Å².